The average Bonchev–Trinajstić information content (AvgIpc) is 2.87. The first-order chi connectivity index (χ1) is 14.0. The molecule has 2 unspecified atom stereocenters. The Morgan fingerprint density at radius 1 is 1.13 bits per heavy atom. The van der Waals surface area contributed by atoms with E-state index < -0.39 is 23.2 Å². The van der Waals surface area contributed by atoms with Crippen LogP contribution in [0.5, 0.6) is 0 Å². The van der Waals surface area contributed by atoms with Gasteiger partial charge in [0.2, 0.25) is 5.91 Å². The number of halogens is 1. The summed E-state index contributed by atoms with van der Waals surface area (Å²) < 4.78 is 13.1. The summed E-state index contributed by atoms with van der Waals surface area (Å²) in [5, 5.41) is 2.85. The van der Waals surface area contributed by atoms with Crippen LogP contribution in [0.4, 0.5) is 4.39 Å². The van der Waals surface area contributed by atoms with Gasteiger partial charge in [0.1, 0.15) is 11.7 Å². The van der Waals surface area contributed by atoms with Crippen LogP contribution in [-0.4, -0.2) is 33.0 Å². The molecule has 2 atom stereocenters. The van der Waals surface area contributed by atoms with Crippen molar-refractivity contribution in [3.8, 4) is 11.4 Å². The fraction of sp³-hybridized carbons (Fsp3) is 0.435. The number of hydrogen-bond acceptors (Lipinski definition) is 5. The van der Waals surface area contributed by atoms with Crippen molar-refractivity contribution in [3.63, 3.8) is 0 Å². The van der Waals surface area contributed by atoms with E-state index in [1.807, 2.05) is 34.6 Å². The van der Waals surface area contributed by atoms with Crippen LogP contribution in [0, 0.1) is 25.6 Å². The molecule has 0 aliphatic heterocycles. The Morgan fingerprint density at radius 3 is 2.23 bits per heavy atom. The van der Waals surface area contributed by atoms with E-state index in [1.165, 1.54) is 0 Å². The molecule has 1 amide bonds. The molecule has 0 spiro atoms. The molecule has 1 saturated carbocycles. The second-order valence-electron chi connectivity index (χ2n) is 8.95. The summed E-state index contributed by atoms with van der Waals surface area (Å²) in [6, 6.07) is 3.60. The van der Waals surface area contributed by atoms with Gasteiger partial charge in [0.25, 0.3) is 0 Å². The number of hydrogen-bond donors (Lipinski definition) is 1. The minimum absolute atomic E-state index is 0.0118. The van der Waals surface area contributed by atoms with E-state index in [0.717, 1.165) is 23.5 Å². The molecule has 0 radical (unpaired) electrons. The van der Waals surface area contributed by atoms with Crippen LogP contribution in [-0.2, 0) is 14.4 Å². The molecule has 30 heavy (non-hydrogen) atoms. The number of aryl methyl sites for hydroxylation is 2. The Bertz CT molecular complexity index is 986. The minimum Gasteiger partial charge on any atom is -0.351 e. The van der Waals surface area contributed by atoms with Crippen molar-refractivity contribution in [2.24, 2.45) is 5.92 Å². The zero-order chi connectivity index (χ0) is 22.2. The second kappa shape index (κ2) is 8.05. The van der Waals surface area contributed by atoms with Gasteiger partial charge in [-0.05, 0) is 63.4 Å². The molecule has 1 aromatic carbocycles. The lowest BCUT2D eigenvalue weighted by atomic mass is 9.86. The van der Waals surface area contributed by atoms with Crippen LogP contribution in [0.2, 0.25) is 0 Å². The summed E-state index contributed by atoms with van der Waals surface area (Å²) in [4.78, 5) is 46.0. The number of aromatic nitrogens is 2. The van der Waals surface area contributed by atoms with Gasteiger partial charge >= 0.3 is 0 Å². The van der Waals surface area contributed by atoms with Gasteiger partial charge in [-0.2, -0.15) is 0 Å². The van der Waals surface area contributed by atoms with Crippen LogP contribution >= 0.6 is 0 Å². The number of Topliss-reactive ketones (excluding diaryl/α,β-unsaturated/α-hetero) is 2. The molecule has 0 bridgehead atoms. The third kappa shape index (κ3) is 4.61. The zero-order valence-electron chi connectivity index (χ0n) is 17.9. The fourth-order valence-electron chi connectivity index (χ4n) is 4.05. The Morgan fingerprint density at radius 2 is 1.70 bits per heavy atom. The predicted molar refractivity (Wildman–Crippen MR) is 110 cm³/mol. The Balaban J connectivity index is 1.86. The number of ketones is 2. The number of amides is 1. The van der Waals surface area contributed by atoms with Crippen molar-refractivity contribution < 1.29 is 18.8 Å². The van der Waals surface area contributed by atoms with E-state index in [2.05, 4.69) is 15.3 Å². The Labute approximate surface area is 175 Å². The molecular formula is C23H26FN3O3. The molecule has 1 heterocycles. The number of nitrogens with zero attached hydrogens (tertiary/aromatic N) is 2. The third-order valence-corrected chi connectivity index (χ3v) is 5.16. The molecule has 1 fully saturated rings. The predicted octanol–water partition coefficient (Wildman–Crippen LogP) is 3.45. The first-order valence-electron chi connectivity index (χ1n) is 9.93. The highest BCUT2D eigenvalue weighted by atomic mass is 19.1. The van der Waals surface area contributed by atoms with Crippen LogP contribution in [0.3, 0.4) is 0 Å². The largest absolute Gasteiger partial charge is 0.351 e. The van der Waals surface area contributed by atoms with E-state index in [4.69, 9.17) is 0 Å². The molecule has 1 aliphatic rings. The van der Waals surface area contributed by atoms with Crippen LogP contribution in [0.1, 0.15) is 56.2 Å². The highest BCUT2D eigenvalue weighted by Gasteiger charge is 2.44. The third-order valence-electron chi connectivity index (χ3n) is 5.16. The van der Waals surface area contributed by atoms with Gasteiger partial charge in [-0.25, -0.2) is 14.4 Å². The second-order valence-corrected chi connectivity index (χ2v) is 8.95. The molecule has 0 saturated heterocycles. The Hall–Kier alpha value is -2.96. The number of nitrogens with one attached hydrogen (secondary N) is 1. The number of rotatable bonds is 4. The van der Waals surface area contributed by atoms with Crippen molar-refractivity contribution in [2.45, 2.75) is 58.9 Å². The molecule has 3 rings (SSSR count). The quantitative estimate of drug-likeness (QED) is 0.779. The number of benzene rings is 1. The highest BCUT2D eigenvalue weighted by Crippen LogP contribution is 2.38. The van der Waals surface area contributed by atoms with Crippen LogP contribution in [0.25, 0.3) is 11.4 Å². The summed E-state index contributed by atoms with van der Waals surface area (Å²) in [6.45, 7) is 9.27. The van der Waals surface area contributed by atoms with Gasteiger partial charge in [-0.15, -0.1) is 0 Å². The lowest BCUT2D eigenvalue weighted by Crippen LogP contribution is -2.41. The van der Waals surface area contributed by atoms with Gasteiger partial charge in [0.05, 0.1) is 12.4 Å². The fourth-order valence-corrected chi connectivity index (χ4v) is 4.05. The minimum atomic E-state index is -0.861. The summed E-state index contributed by atoms with van der Waals surface area (Å²) >= 11 is 0. The topological polar surface area (TPSA) is 89.0 Å². The van der Waals surface area contributed by atoms with E-state index in [1.54, 1.807) is 12.1 Å². The SMILES string of the molecule is Cc1cc(-c2ncc(F)cn2)cc(C)c1C1C(=O)CC(CC(=O)NC(C)(C)C)C1=O. The van der Waals surface area contributed by atoms with E-state index in [0.29, 0.717) is 17.0 Å². The molecule has 158 valence electrons. The maximum atomic E-state index is 13.1. The average molecular weight is 411 g/mol. The lowest BCUT2D eigenvalue weighted by molar-refractivity contribution is -0.129. The maximum absolute atomic E-state index is 13.1. The van der Waals surface area contributed by atoms with Crippen LogP contribution < -0.4 is 5.32 Å². The monoisotopic (exact) mass is 411 g/mol. The van der Waals surface area contributed by atoms with Crippen molar-refractivity contribution in [2.75, 3.05) is 0 Å². The van der Waals surface area contributed by atoms with E-state index in [-0.39, 0.29) is 30.3 Å². The molecule has 1 N–H and O–H groups in total. The zero-order valence-corrected chi connectivity index (χ0v) is 17.9. The number of carbonyl (C=O) groups excluding carboxylic acids is 3. The molecule has 1 aromatic heterocycles. The van der Waals surface area contributed by atoms with E-state index in [9.17, 15) is 18.8 Å². The van der Waals surface area contributed by atoms with Crippen molar-refractivity contribution >= 4 is 17.5 Å². The summed E-state index contributed by atoms with van der Waals surface area (Å²) in [5.41, 5.74) is 2.50. The van der Waals surface area contributed by atoms with Gasteiger partial charge in [-0.1, -0.05) is 0 Å². The van der Waals surface area contributed by atoms with Crippen molar-refractivity contribution in [1.82, 2.24) is 15.3 Å². The first kappa shape index (κ1) is 21.7. The van der Waals surface area contributed by atoms with Gasteiger partial charge < -0.3 is 5.32 Å². The number of carbonyl (C=O) groups is 3. The molecule has 2 aromatic rings. The maximum Gasteiger partial charge on any atom is 0.221 e. The standard InChI is InChI=1S/C23H26FN3O3/c1-12-6-15(22-25-10-16(24)11-26-22)7-13(2)19(12)20-17(28)8-14(21(20)30)9-18(29)27-23(3,4)5/h6-7,10-11,14,20H,8-9H2,1-5H3,(H,27,29). The van der Waals surface area contributed by atoms with Crippen molar-refractivity contribution in [3.05, 3.63) is 47.0 Å². The molecular weight excluding hydrogens is 385 g/mol. The lowest BCUT2D eigenvalue weighted by Gasteiger charge is -2.21. The van der Waals surface area contributed by atoms with Gasteiger partial charge in [0.15, 0.2) is 17.4 Å². The highest BCUT2D eigenvalue weighted by molar-refractivity contribution is 6.15. The van der Waals surface area contributed by atoms with Crippen LogP contribution in [0.15, 0.2) is 24.5 Å². The molecule has 1 aliphatic carbocycles. The molecule has 7 heteroatoms. The van der Waals surface area contributed by atoms with Crippen molar-refractivity contribution in [1.29, 1.82) is 0 Å². The normalized spacial score (nSPS) is 19.3. The first-order valence-corrected chi connectivity index (χ1v) is 9.93. The van der Waals surface area contributed by atoms with E-state index >= 15 is 0 Å². The summed E-state index contributed by atoms with van der Waals surface area (Å²) in [5.74, 6) is -2.22. The van der Waals surface area contributed by atoms with Gasteiger partial charge in [-0.3, -0.25) is 14.4 Å². The smallest absolute Gasteiger partial charge is 0.221 e. The summed E-state index contributed by atoms with van der Waals surface area (Å²) in [7, 11) is 0. The summed E-state index contributed by atoms with van der Waals surface area (Å²) in [6.07, 6.45) is 2.27. The Kier molecular flexibility index (Phi) is 5.83. The molecule has 6 nitrogen and oxygen atoms in total. The van der Waals surface area contributed by atoms with Gasteiger partial charge in [0, 0.05) is 29.9 Å².